The molecule has 0 aliphatic carbocycles. The number of hydrogen-bond donors (Lipinski definition) is 0. The van der Waals surface area contributed by atoms with Gasteiger partial charge in [-0.1, -0.05) is 30.3 Å². The molecule has 0 saturated heterocycles. The second-order valence-corrected chi connectivity index (χ2v) is 5.13. The van der Waals surface area contributed by atoms with E-state index in [1.807, 2.05) is 30.3 Å². The fraction of sp³-hybridized carbons (Fsp3) is 0.294. The molecule has 0 bridgehead atoms. The van der Waals surface area contributed by atoms with E-state index in [2.05, 4.69) is 12.1 Å². The minimum Gasteiger partial charge on any atom is -0.496 e. The fourth-order valence-electron chi connectivity index (χ4n) is 2.26. The van der Waals surface area contributed by atoms with Gasteiger partial charge < -0.3 is 14.2 Å². The van der Waals surface area contributed by atoms with Crippen LogP contribution in [0.1, 0.15) is 16.5 Å². The highest BCUT2D eigenvalue weighted by molar-refractivity contribution is 6.21. The summed E-state index contributed by atoms with van der Waals surface area (Å²) in [6, 6.07) is 13.7. The molecule has 0 amide bonds. The molecule has 1 atom stereocenters. The molecule has 3 nitrogen and oxygen atoms in total. The molecular formula is C17H19ClO3. The van der Waals surface area contributed by atoms with E-state index in [0.29, 0.717) is 23.7 Å². The van der Waals surface area contributed by atoms with Crippen LogP contribution in [0, 0.1) is 0 Å². The maximum atomic E-state index is 6.60. The zero-order valence-corrected chi connectivity index (χ0v) is 13.2. The largest absolute Gasteiger partial charge is 0.496 e. The van der Waals surface area contributed by atoms with Crippen molar-refractivity contribution in [3.8, 4) is 17.2 Å². The zero-order chi connectivity index (χ0) is 15.2. The number of ether oxygens (including phenoxy) is 3. The average Bonchev–Trinajstić information content (AvgIpc) is 2.54. The predicted molar refractivity (Wildman–Crippen MR) is 84.8 cm³/mol. The molecule has 2 aromatic carbocycles. The molecule has 2 aromatic rings. The quantitative estimate of drug-likeness (QED) is 0.747. The maximum absolute atomic E-state index is 6.60. The normalized spacial score (nSPS) is 11.8. The molecular weight excluding hydrogens is 288 g/mol. The third kappa shape index (κ3) is 3.61. The lowest BCUT2D eigenvalue weighted by atomic mass is 10.0. The highest BCUT2D eigenvalue weighted by Gasteiger charge is 2.21. The van der Waals surface area contributed by atoms with Crippen LogP contribution in [0.2, 0.25) is 0 Å². The van der Waals surface area contributed by atoms with E-state index in [1.165, 1.54) is 0 Å². The lowest BCUT2D eigenvalue weighted by molar-refractivity contribution is 0.368. The second-order valence-electron chi connectivity index (χ2n) is 4.60. The summed E-state index contributed by atoms with van der Waals surface area (Å²) in [6.07, 6.45) is 0.696. The molecule has 21 heavy (non-hydrogen) atoms. The number of methoxy groups -OCH3 is 3. The molecule has 0 heterocycles. The molecule has 0 saturated carbocycles. The summed E-state index contributed by atoms with van der Waals surface area (Å²) >= 11 is 6.60. The number of hydrogen-bond acceptors (Lipinski definition) is 3. The van der Waals surface area contributed by atoms with E-state index >= 15 is 0 Å². The Morgan fingerprint density at radius 3 is 1.95 bits per heavy atom. The predicted octanol–water partition coefficient (Wildman–Crippen LogP) is 4.24. The van der Waals surface area contributed by atoms with Crippen LogP contribution >= 0.6 is 11.6 Å². The number of benzene rings is 2. The second kappa shape index (κ2) is 7.23. The molecule has 0 fully saturated rings. The summed E-state index contributed by atoms with van der Waals surface area (Å²) in [5.74, 6) is 2.01. The Morgan fingerprint density at radius 2 is 1.48 bits per heavy atom. The Morgan fingerprint density at radius 1 is 0.905 bits per heavy atom. The van der Waals surface area contributed by atoms with Crippen molar-refractivity contribution in [3.05, 3.63) is 53.6 Å². The van der Waals surface area contributed by atoms with Gasteiger partial charge in [0, 0.05) is 12.1 Å². The molecule has 0 radical (unpaired) electrons. The Hall–Kier alpha value is -1.87. The molecule has 0 aliphatic rings. The van der Waals surface area contributed by atoms with Crippen LogP contribution in [0.4, 0.5) is 0 Å². The first-order chi connectivity index (χ1) is 10.2. The van der Waals surface area contributed by atoms with Crippen LogP contribution in [-0.4, -0.2) is 21.3 Å². The minimum atomic E-state index is -0.247. The number of halogens is 1. The van der Waals surface area contributed by atoms with E-state index < -0.39 is 0 Å². The van der Waals surface area contributed by atoms with Gasteiger partial charge in [0.15, 0.2) is 0 Å². The Kier molecular flexibility index (Phi) is 5.34. The van der Waals surface area contributed by atoms with Gasteiger partial charge in [-0.25, -0.2) is 0 Å². The molecule has 0 N–H and O–H groups in total. The maximum Gasteiger partial charge on any atom is 0.130 e. The van der Waals surface area contributed by atoms with Crippen LogP contribution in [0.15, 0.2) is 42.5 Å². The van der Waals surface area contributed by atoms with Crippen molar-refractivity contribution in [2.24, 2.45) is 0 Å². The fourth-order valence-corrected chi connectivity index (χ4v) is 2.66. The van der Waals surface area contributed by atoms with Gasteiger partial charge in [0.2, 0.25) is 0 Å². The van der Waals surface area contributed by atoms with Crippen molar-refractivity contribution in [2.45, 2.75) is 11.8 Å². The average molecular weight is 307 g/mol. The topological polar surface area (TPSA) is 27.7 Å². The third-order valence-corrected chi connectivity index (χ3v) is 3.70. The van der Waals surface area contributed by atoms with Crippen molar-refractivity contribution >= 4 is 11.6 Å². The molecule has 1 unspecified atom stereocenters. The van der Waals surface area contributed by atoms with E-state index in [4.69, 9.17) is 25.8 Å². The van der Waals surface area contributed by atoms with Crippen LogP contribution in [0.5, 0.6) is 17.2 Å². The Balaban J connectivity index is 2.36. The van der Waals surface area contributed by atoms with Crippen molar-refractivity contribution in [1.82, 2.24) is 0 Å². The molecule has 2 rings (SSSR count). The number of alkyl halides is 1. The third-order valence-electron chi connectivity index (χ3n) is 3.32. The van der Waals surface area contributed by atoms with Gasteiger partial charge in [-0.3, -0.25) is 0 Å². The molecule has 4 heteroatoms. The highest BCUT2D eigenvalue weighted by atomic mass is 35.5. The van der Waals surface area contributed by atoms with Crippen LogP contribution in [-0.2, 0) is 6.42 Å². The smallest absolute Gasteiger partial charge is 0.130 e. The summed E-state index contributed by atoms with van der Waals surface area (Å²) in [7, 11) is 4.84. The van der Waals surface area contributed by atoms with Crippen LogP contribution < -0.4 is 14.2 Å². The first-order valence-electron chi connectivity index (χ1n) is 6.67. The lowest BCUT2D eigenvalue weighted by Gasteiger charge is -2.19. The van der Waals surface area contributed by atoms with E-state index in [9.17, 15) is 0 Å². The molecule has 0 aromatic heterocycles. The van der Waals surface area contributed by atoms with Gasteiger partial charge in [0.05, 0.1) is 32.3 Å². The molecule has 0 aliphatic heterocycles. The minimum absolute atomic E-state index is 0.247. The number of rotatable bonds is 6. The first kappa shape index (κ1) is 15.5. The lowest BCUT2D eigenvalue weighted by Crippen LogP contribution is -2.03. The van der Waals surface area contributed by atoms with E-state index in [-0.39, 0.29) is 5.38 Å². The van der Waals surface area contributed by atoms with Gasteiger partial charge in [-0.15, -0.1) is 11.6 Å². The summed E-state index contributed by atoms with van der Waals surface area (Å²) < 4.78 is 16.1. The Labute approximate surface area is 130 Å². The van der Waals surface area contributed by atoms with Crippen LogP contribution in [0.25, 0.3) is 0 Å². The highest BCUT2D eigenvalue weighted by Crippen LogP contribution is 2.42. The van der Waals surface area contributed by atoms with Crippen molar-refractivity contribution in [1.29, 1.82) is 0 Å². The molecule has 0 spiro atoms. The monoisotopic (exact) mass is 306 g/mol. The zero-order valence-electron chi connectivity index (χ0n) is 12.4. The summed E-state index contributed by atoms with van der Waals surface area (Å²) in [6.45, 7) is 0. The van der Waals surface area contributed by atoms with E-state index in [1.54, 1.807) is 21.3 Å². The van der Waals surface area contributed by atoms with Gasteiger partial charge in [-0.2, -0.15) is 0 Å². The van der Waals surface area contributed by atoms with Crippen LogP contribution in [0.3, 0.4) is 0 Å². The standard InChI is InChI=1S/C17H19ClO3/c1-19-13-10-15(20-2)17(16(11-13)21-3)14(18)9-12-7-5-4-6-8-12/h4-8,10-11,14H,9H2,1-3H3. The van der Waals surface area contributed by atoms with E-state index in [0.717, 1.165) is 11.1 Å². The SMILES string of the molecule is COc1cc(OC)c(C(Cl)Cc2ccccc2)c(OC)c1. The summed E-state index contributed by atoms with van der Waals surface area (Å²) in [5.41, 5.74) is 2.00. The Bertz CT molecular complexity index is 559. The van der Waals surface area contributed by atoms with Gasteiger partial charge in [0.25, 0.3) is 0 Å². The first-order valence-corrected chi connectivity index (χ1v) is 7.11. The van der Waals surface area contributed by atoms with Gasteiger partial charge in [-0.05, 0) is 12.0 Å². The van der Waals surface area contributed by atoms with Gasteiger partial charge >= 0.3 is 0 Å². The summed E-state index contributed by atoms with van der Waals surface area (Å²) in [5, 5.41) is -0.247. The van der Waals surface area contributed by atoms with Crippen molar-refractivity contribution in [3.63, 3.8) is 0 Å². The molecule has 112 valence electrons. The summed E-state index contributed by atoms with van der Waals surface area (Å²) in [4.78, 5) is 0. The van der Waals surface area contributed by atoms with Gasteiger partial charge in [0.1, 0.15) is 17.2 Å². The van der Waals surface area contributed by atoms with Crippen molar-refractivity contribution in [2.75, 3.05) is 21.3 Å². The van der Waals surface area contributed by atoms with Crippen molar-refractivity contribution < 1.29 is 14.2 Å².